The number of rotatable bonds is 2. The van der Waals surface area contributed by atoms with Crippen LogP contribution < -0.4 is 5.32 Å². The predicted octanol–water partition coefficient (Wildman–Crippen LogP) is 3.49. The zero-order valence-corrected chi connectivity index (χ0v) is 9.37. The third-order valence-corrected chi connectivity index (χ3v) is 2.42. The fraction of sp³-hybridized carbons (Fsp3) is 0. The van der Waals surface area contributed by atoms with Gasteiger partial charge in [-0.2, -0.15) is 5.26 Å². The summed E-state index contributed by atoms with van der Waals surface area (Å²) in [5, 5.41) is 11.7. The van der Waals surface area contributed by atoms with Crippen LogP contribution in [0.25, 0.3) is 0 Å². The molecule has 3 nitrogen and oxygen atoms in total. The molecule has 1 N–H and O–H groups in total. The van der Waals surface area contributed by atoms with Gasteiger partial charge in [-0.05, 0) is 24.3 Å². The lowest BCUT2D eigenvalue weighted by atomic mass is 10.2. The number of anilines is 2. The van der Waals surface area contributed by atoms with Crippen molar-refractivity contribution in [2.75, 3.05) is 5.32 Å². The van der Waals surface area contributed by atoms with Gasteiger partial charge >= 0.3 is 0 Å². The highest BCUT2D eigenvalue weighted by molar-refractivity contribution is 6.33. The van der Waals surface area contributed by atoms with Gasteiger partial charge in [-0.3, -0.25) is 0 Å². The summed E-state index contributed by atoms with van der Waals surface area (Å²) >= 11 is 5.86. The van der Waals surface area contributed by atoms with Gasteiger partial charge in [0.1, 0.15) is 11.6 Å². The number of nitrogens with one attached hydrogen (secondary N) is 1. The van der Waals surface area contributed by atoms with Gasteiger partial charge in [0.25, 0.3) is 0 Å². The summed E-state index contributed by atoms with van der Waals surface area (Å²) < 4.78 is 13.5. The number of nitriles is 1. The average Bonchev–Trinajstić information content (AvgIpc) is 2.34. The number of pyridine rings is 1. The molecule has 0 atom stereocenters. The van der Waals surface area contributed by atoms with Gasteiger partial charge in [-0.1, -0.05) is 17.7 Å². The van der Waals surface area contributed by atoms with Crippen LogP contribution in [-0.4, -0.2) is 4.98 Å². The van der Waals surface area contributed by atoms with Gasteiger partial charge < -0.3 is 5.32 Å². The van der Waals surface area contributed by atoms with Crippen molar-refractivity contribution in [1.29, 1.82) is 5.26 Å². The first kappa shape index (κ1) is 11.4. The first-order chi connectivity index (χ1) is 8.20. The van der Waals surface area contributed by atoms with Crippen molar-refractivity contribution in [3.63, 3.8) is 0 Å². The minimum atomic E-state index is -0.471. The second-order valence-corrected chi connectivity index (χ2v) is 3.67. The molecule has 2 aromatic rings. The quantitative estimate of drug-likeness (QED) is 0.884. The maximum absolute atomic E-state index is 13.5. The van der Waals surface area contributed by atoms with Gasteiger partial charge in [0.15, 0.2) is 0 Å². The van der Waals surface area contributed by atoms with Crippen LogP contribution in [0, 0.1) is 17.1 Å². The topological polar surface area (TPSA) is 48.7 Å². The molecule has 0 fully saturated rings. The first-order valence-corrected chi connectivity index (χ1v) is 5.15. The molecule has 0 amide bonds. The van der Waals surface area contributed by atoms with E-state index < -0.39 is 5.82 Å². The van der Waals surface area contributed by atoms with E-state index in [1.54, 1.807) is 12.1 Å². The Balaban J connectivity index is 2.35. The normalized spacial score (nSPS) is 9.71. The van der Waals surface area contributed by atoms with E-state index in [0.29, 0.717) is 11.4 Å². The lowest BCUT2D eigenvalue weighted by molar-refractivity contribution is 0.632. The van der Waals surface area contributed by atoms with E-state index in [1.165, 1.54) is 24.4 Å². The van der Waals surface area contributed by atoms with E-state index in [-0.39, 0.29) is 10.7 Å². The summed E-state index contributed by atoms with van der Waals surface area (Å²) in [5.41, 5.74) is 0.590. The molecular formula is C12H7ClFN3. The Morgan fingerprint density at radius 2 is 2.18 bits per heavy atom. The molecular weight excluding hydrogens is 241 g/mol. The first-order valence-electron chi connectivity index (χ1n) is 4.78. The van der Waals surface area contributed by atoms with Gasteiger partial charge in [-0.15, -0.1) is 0 Å². The Hall–Kier alpha value is -2.12. The Labute approximate surface area is 102 Å². The van der Waals surface area contributed by atoms with E-state index >= 15 is 0 Å². The molecule has 0 aliphatic carbocycles. The van der Waals surface area contributed by atoms with Crippen LogP contribution in [0.1, 0.15) is 5.56 Å². The summed E-state index contributed by atoms with van der Waals surface area (Å²) in [7, 11) is 0. The Kier molecular flexibility index (Phi) is 3.22. The van der Waals surface area contributed by atoms with Crippen molar-refractivity contribution in [3.05, 3.63) is 52.9 Å². The molecule has 1 aromatic carbocycles. The predicted molar refractivity (Wildman–Crippen MR) is 63.6 cm³/mol. The molecule has 0 saturated carbocycles. The molecule has 5 heteroatoms. The Morgan fingerprint density at radius 3 is 2.88 bits per heavy atom. The minimum Gasteiger partial charge on any atom is -0.337 e. The standard InChI is InChI=1S/C12H7ClFN3/c13-9-2-1-3-10(14)12(9)17-11-6-8(7-15)4-5-16-11/h1-6H,(H,16,17). The molecule has 1 aromatic heterocycles. The maximum atomic E-state index is 13.5. The molecule has 0 spiro atoms. The van der Waals surface area contributed by atoms with Crippen LogP contribution in [0.15, 0.2) is 36.5 Å². The van der Waals surface area contributed by atoms with E-state index in [0.717, 1.165) is 0 Å². The zero-order chi connectivity index (χ0) is 12.3. The highest BCUT2D eigenvalue weighted by Gasteiger charge is 2.07. The second-order valence-electron chi connectivity index (χ2n) is 3.26. The van der Waals surface area contributed by atoms with Crippen LogP contribution in [-0.2, 0) is 0 Å². The van der Waals surface area contributed by atoms with Crippen molar-refractivity contribution in [1.82, 2.24) is 4.98 Å². The zero-order valence-electron chi connectivity index (χ0n) is 8.61. The van der Waals surface area contributed by atoms with Crippen LogP contribution in [0.3, 0.4) is 0 Å². The van der Waals surface area contributed by atoms with E-state index in [2.05, 4.69) is 10.3 Å². The van der Waals surface area contributed by atoms with Crippen molar-refractivity contribution < 1.29 is 4.39 Å². The van der Waals surface area contributed by atoms with Gasteiger partial charge in [0.05, 0.1) is 22.3 Å². The molecule has 17 heavy (non-hydrogen) atoms. The fourth-order valence-electron chi connectivity index (χ4n) is 1.31. The Bertz CT molecular complexity index is 572. The van der Waals surface area contributed by atoms with E-state index in [9.17, 15) is 4.39 Å². The lowest BCUT2D eigenvalue weighted by Crippen LogP contribution is -1.97. The summed E-state index contributed by atoms with van der Waals surface area (Å²) in [6.07, 6.45) is 1.47. The number of para-hydroxylation sites is 1. The third-order valence-electron chi connectivity index (χ3n) is 2.10. The minimum absolute atomic E-state index is 0.150. The molecule has 0 aliphatic rings. The fourth-order valence-corrected chi connectivity index (χ4v) is 1.52. The molecule has 1 heterocycles. The number of benzene rings is 1. The molecule has 0 aliphatic heterocycles. The summed E-state index contributed by atoms with van der Waals surface area (Å²) in [4.78, 5) is 3.98. The number of hydrogen-bond acceptors (Lipinski definition) is 3. The van der Waals surface area contributed by atoms with Crippen LogP contribution >= 0.6 is 11.6 Å². The van der Waals surface area contributed by atoms with Gasteiger partial charge in [0, 0.05) is 6.20 Å². The van der Waals surface area contributed by atoms with Gasteiger partial charge in [0.2, 0.25) is 0 Å². The number of halogens is 2. The van der Waals surface area contributed by atoms with Crippen molar-refractivity contribution in [2.24, 2.45) is 0 Å². The van der Waals surface area contributed by atoms with E-state index in [4.69, 9.17) is 16.9 Å². The smallest absolute Gasteiger partial charge is 0.148 e. The molecule has 0 unspecified atom stereocenters. The van der Waals surface area contributed by atoms with Crippen molar-refractivity contribution >= 4 is 23.1 Å². The Morgan fingerprint density at radius 1 is 1.35 bits per heavy atom. The number of aromatic nitrogens is 1. The molecule has 2 rings (SSSR count). The third kappa shape index (κ3) is 2.52. The van der Waals surface area contributed by atoms with Crippen LogP contribution in [0.4, 0.5) is 15.9 Å². The monoisotopic (exact) mass is 247 g/mol. The highest BCUT2D eigenvalue weighted by Crippen LogP contribution is 2.27. The lowest BCUT2D eigenvalue weighted by Gasteiger charge is -2.08. The molecule has 0 radical (unpaired) electrons. The molecule has 0 bridgehead atoms. The van der Waals surface area contributed by atoms with E-state index in [1.807, 2.05) is 6.07 Å². The summed E-state index contributed by atoms with van der Waals surface area (Å²) in [6.45, 7) is 0. The van der Waals surface area contributed by atoms with Crippen molar-refractivity contribution in [2.45, 2.75) is 0 Å². The molecule has 84 valence electrons. The molecule has 0 saturated heterocycles. The summed E-state index contributed by atoms with van der Waals surface area (Å²) in [6, 6.07) is 9.44. The van der Waals surface area contributed by atoms with Crippen LogP contribution in [0.2, 0.25) is 5.02 Å². The highest BCUT2D eigenvalue weighted by atomic mass is 35.5. The number of nitrogens with zero attached hydrogens (tertiary/aromatic N) is 2. The van der Waals surface area contributed by atoms with Crippen LogP contribution in [0.5, 0.6) is 0 Å². The summed E-state index contributed by atoms with van der Waals surface area (Å²) in [5.74, 6) is -0.0993. The second kappa shape index (κ2) is 4.81. The van der Waals surface area contributed by atoms with Gasteiger partial charge in [-0.25, -0.2) is 9.37 Å². The average molecular weight is 248 g/mol. The largest absolute Gasteiger partial charge is 0.337 e. The SMILES string of the molecule is N#Cc1ccnc(Nc2c(F)cccc2Cl)c1. The maximum Gasteiger partial charge on any atom is 0.148 e. The van der Waals surface area contributed by atoms with Crippen molar-refractivity contribution in [3.8, 4) is 6.07 Å². The number of hydrogen-bond donors (Lipinski definition) is 1.